The average Bonchev–Trinajstić information content (AvgIpc) is 2.84. The number of carbonyl (C=O) groups is 2. The zero-order valence-corrected chi connectivity index (χ0v) is 13.9. The molecule has 122 valence electrons. The molecule has 0 aromatic heterocycles. The molecule has 1 heterocycles. The molecule has 6 heteroatoms. The Balaban J connectivity index is 2.02. The molecule has 0 atom stereocenters. The fourth-order valence-corrected chi connectivity index (χ4v) is 2.89. The molecule has 0 radical (unpaired) electrons. The van der Waals surface area contributed by atoms with Crippen molar-refractivity contribution in [3.8, 4) is 5.75 Å². The normalized spacial score (nSPS) is 14.4. The zero-order valence-electron chi connectivity index (χ0n) is 13.2. The summed E-state index contributed by atoms with van der Waals surface area (Å²) in [6.07, 6.45) is 0. The highest BCUT2D eigenvalue weighted by molar-refractivity contribution is 6.53. The first-order valence-corrected chi connectivity index (χ1v) is 7.64. The average molecular weight is 343 g/mol. The molecule has 0 saturated heterocycles. The van der Waals surface area contributed by atoms with Gasteiger partial charge >= 0.3 is 0 Å². The second-order valence-corrected chi connectivity index (χ2v) is 5.55. The smallest absolute Gasteiger partial charge is 0.283 e. The molecule has 0 spiro atoms. The van der Waals surface area contributed by atoms with Crippen molar-refractivity contribution in [1.29, 1.82) is 0 Å². The fraction of sp³-hybridized carbons (Fsp3) is 0.111. The molecule has 0 aliphatic carbocycles. The van der Waals surface area contributed by atoms with Gasteiger partial charge in [-0.3, -0.25) is 9.59 Å². The number of likely N-dealkylation sites (N-methyl/N-ethyl adjacent to an activating group) is 1. The van der Waals surface area contributed by atoms with Gasteiger partial charge in [0.2, 0.25) is 0 Å². The Morgan fingerprint density at radius 2 is 1.58 bits per heavy atom. The first-order valence-electron chi connectivity index (χ1n) is 7.26. The van der Waals surface area contributed by atoms with Gasteiger partial charge < -0.3 is 9.64 Å². The molecule has 0 N–H and O–H groups in total. The van der Waals surface area contributed by atoms with E-state index in [1.165, 1.54) is 7.11 Å². The lowest BCUT2D eigenvalue weighted by atomic mass is 10.2. The third-order valence-electron chi connectivity index (χ3n) is 3.81. The zero-order chi connectivity index (χ0) is 17.3. The summed E-state index contributed by atoms with van der Waals surface area (Å²) in [6, 6.07) is 16.0. The number of rotatable bonds is 4. The highest BCUT2D eigenvalue weighted by atomic mass is 35.5. The second kappa shape index (κ2) is 6.37. The summed E-state index contributed by atoms with van der Waals surface area (Å²) in [5.74, 6) is -0.628. The van der Waals surface area contributed by atoms with Gasteiger partial charge in [0.15, 0.2) is 0 Å². The molecule has 1 aliphatic rings. The number of anilines is 2. The van der Waals surface area contributed by atoms with E-state index in [2.05, 4.69) is 0 Å². The van der Waals surface area contributed by atoms with Gasteiger partial charge in [0, 0.05) is 12.7 Å². The quantitative estimate of drug-likeness (QED) is 0.801. The number of methoxy groups -OCH3 is 1. The van der Waals surface area contributed by atoms with Crippen LogP contribution in [0.1, 0.15) is 0 Å². The van der Waals surface area contributed by atoms with Gasteiger partial charge in [-0.2, -0.15) is 0 Å². The van der Waals surface area contributed by atoms with E-state index in [1.807, 2.05) is 30.3 Å². The summed E-state index contributed by atoms with van der Waals surface area (Å²) in [4.78, 5) is 28.1. The molecule has 24 heavy (non-hydrogen) atoms. The molecule has 5 nitrogen and oxygen atoms in total. The molecular weight excluding hydrogens is 328 g/mol. The van der Waals surface area contributed by atoms with Gasteiger partial charge in [0.05, 0.1) is 12.8 Å². The van der Waals surface area contributed by atoms with Crippen LogP contribution in [0.15, 0.2) is 65.3 Å². The van der Waals surface area contributed by atoms with Crippen LogP contribution in [-0.2, 0) is 9.59 Å². The van der Waals surface area contributed by atoms with Crippen LogP contribution in [0.2, 0.25) is 0 Å². The van der Waals surface area contributed by atoms with Gasteiger partial charge in [-0.15, -0.1) is 0 Å². The van der Waals surface area contributed by atoms with E-state index in [4.69, 9.17) is 16.3 Å². The van der Waals surface area contributed by atoms with Crippen molar-refractivity contribution >= 4 is 34.8 Å². The number of para-hydroxylation sites is 3. The largest absolute Gasteiger partial charge is 0.495 e. The molecular formula is C18H15ClN2O3. The van der Waals surface area contributed by atoms with Crippen LogP contribution in [0.3, 0.4) is 0 Å². The van der Waals surface area contributed by atoms with E-state index >= 15 is 0 Å². The number of hydrogen-bond acceptors (Lipinski definition) is 4. The van der Waals surface area contributed by atoms with Crippen LogP contribution in [0.5, 0.6) is 5.75 Å². The molecule has 1 aliphatic heterocycles. The number of carbonyl (C=O) groups excluding carboxylic acids is 2. The molecule has 2 aromatic rings. The molecule has 0 unspecified atom stereocenters. The minimum atomic E-state index is -0.566. The Labute approximate surface area is 144 Å². The van der Waals surface area contributed by atoms with Crippen LogP contribution >= 0.6 is 11.6 Å². The van der Waals surface area contributed by atoms with E-state index < -0.39 is 11.8 Å². The minimum absolute atomic E-state index is 0.114. The lowest BCUT2D eigenvalue weighted by Gasteiger charge is -2.22. The number of ether oxygens (including phenoxy) is 1. The predicted molar refractivity (Wildman–Crippen MR) is 93.2 cm³/mol. The van der Waals surface area contributed by atoms with Crippen molar-refractivity contribution in [3.63, 3.8) is 0 Å². The van der Waals surface area contributed by atoms with Crippen LogP contribution in [-0.4, -0.2) is 26.0 Å². The second-order valence-electron chi connectivity index (χ2n) is 5.17. The number of nitrogens with zero attached hydrogens (tertiary/aromatic N) is 2. The molecule has 3 rings (SSSR count). The monoisotopic (exact) mass is 342 g/mol. The van der Waals surface area contributed by atoms with E-state index in [1.54, 1.807) is 36.2 Å². The van der Waals surface area contributed by atoms with Crippen LogP contribution < -0.4 is 14.5 Å². The first-order chi connectivity index (χ1) is 11.6. The first kappa shape index (κ1) is 16.1. The summed E-state index contributed by atoms with van der Waals surface area (Å²) in [5, 5.41) is -0.114. The maximum Gasteiger partial charge on any atom is 0.283 e. The van der Waals surface area contributed by atoms with E-state index in [-0.39, 0.29) is 10.7 Å². The predicted octanol–water partition coefficient (Wildman–Crippen LogP) is 3.16. The van der Waals surface area contributed by atoms with Crippen molar-refractivity contribution in [3.05, 3.63) is 65.3 Å². The topological polar surface area (TPSA) is 49.9 Å². The Morgan fingerprint density at radius 3 is 2.25 bits per heavy atom. The maximum absolute atomic E-state index is 12.9. The number of amides is 2. The van der Waals surface area contributed by atoms with Gasteiger partial charge in [0.25, 0.3) is 11.8 Å². The minimum Gasteiger partial charge on any atom is -0.495 e. The third-order valence-corrected chi connectivity index (χ3v) is 4.15. The standard InChI is InChI=1S/C18H15ClN2O3/c1-20(12-8-4-3-5-9-12)16-15(19)17(22)21(18(16)23)13-10-6-7-11-14(13)24-2/h3-11H,1-2H3. The third kappa shape index (κ3) is 2.53. The van der Waals surface area contributed by atoms with Gasteiger partial charge in [0.1, 0.15) is 16.5 Å². The number of halogens is 1. The molecule has 0 saturated carbocycles. The lowest BCUT2D eigenvalue weighted by molar-refractivity contribution is -0.120. The van der Waals surface area contributed by atoms with Crippen molar-refractivity contribution in [2.45, 2.75) is 0 Å². The van der Waals surface area contributed by atoms with E-state index in [0.29, 0.717) is 11.4 Å². The van der Waals surface area contributed by atoms with Crippen LogP contribution in [0, 0.1) is 0 Å². The Bertz CT molecular complexity index is 833. The van der Waals surface area contributed by atoms with Crippen molar-refractivity contribution in [2.75, 3.05) is 24.0 Å². The number of benzene rings is 2. The Morgan fingerprint density at radius 1 is 0.958 bits per heavy atom. The van der Waals surface area contributed by atoms with Crippen molar-refractivity contribution in [2.24, 2.45) is 0 Å². The van der Waals surface area contributed by atoms with Crippen molar-refractivity contribution < 1.29 is 14.3 Å². The summed E-state index contributed by atoms with van der Waals surface area (Å²) < 4.78 is 5.25. The SMILES string of the molecule is COc1ccccc1N1C(=O)C(Cl)=C(N(C)c2ccccc2)C1=O. The van der Waals surface area contributed by atoms with Gasteiger partial charge in [-0.1, -0.05) is 41.9 Å². The molecule has 2 amide bonds. The number of hydrogen-bond donors (Lipinski definition) is 0. The fourth-order valence-electron chi connectivity index (χ4n) is 2.60. The lowest BCUT2D eigenvalue weighted by Crippen LogP contribution is -2.34. The molecule has 0 bridgehead atoms. The highest BCUT2D eigenvalue weighted by Crippen LogP contribution is 2.36. The Kier molecular flexibility index (Phi) is 4.27. The van der Waals surface area contributed by atoms with E-state index in [0.717, 1.165) is 10.6 Å². The van der Waals surface area contributed by atoms with Crippen LogP contribution in [0.25, 0.3) is 0 Å². The summed E-state index contributed by atoms with van der Waals surface area (Å²) in [6.45, 7) is 0. The number of imide groups is 1. The molecule has 2 aromatic carbocycles. The van der Waals surface area contributed by atoms with Crippen LogP contribution in [0.4, 0.5) is 11.4 Å². The summed E-state index contributed by atoms with van der Waals surface area (Å²) >= 11 is 6.19. The van der Waals surface area contributed by atoms with E-state index in [9.17, 15) is 9.59 Å². The summed E-state index contributed by atoms with van der Waals surface area (Å²) in [7, 11) is 3.18. The van der Waals surface area contributed by atoms with Gasteiger partial charge in [-0.05, 0) is 24.3 Å². The summed E-state index contributed by atoms with van der Waals surface area (Å²) in [5.41, 5.74) is 1.26. The molecule has 0 fully saturated rings. The van der Waals surface area contributed by atoms with Crippen molar-refractivity contribution in [1.82, 2.24) is 0 Å². The Hall–Kier alpha value is -2.79. The van der Waals surface area contributed by atoms with Gasteiger partial charge in [-0.25, -0.2) is 4.90 Å². The maximum atomic E-state index is 12.9. The highest BCUT2D eigenvalue weighted by Gasteiger charge is 2.41.